The molecule has 1 aromatic carbocycles. The number of rotatable bonds is 6. The zero-order valence-electron chi connectivity index (χ0n) is 14.7. The van der Waals surface area contributed by atoms with Crippen molar-refractivity contribution in [3.63, 3.8) is 0 Å². The Morgan fingerprint density at radius 1 is 1.15 bits per heavy atom. The fourth-order valence-electron chi connectivity index (χ4n) is 2.66. The lowest BCUT2D eigenvalue weighted by atomic mass is 9.98. The minimum absolute atomic E-state index is 0.0740. The van der Waals surface area contributed by atoms with Crippen LogP contribution in [0.3, 0.4) is 0 Å². The van der Waals surface area contributed by atoms with Crippen LogP contribution in [-0.2, 0) is 22.6 Å². The van der Waals surface area contributed by atoms with Crippen molar-refractivity contribution < 1.29 is 14.3 Å². The second-order valence-electron chi connectivity index (χ2n) is 5.68. The van der Waals surface area contributed by atoms with Crippen molar-refractivity contribution in [1.82, 2.24) is 15.0 Å². The molecule has 3 rings (SSSR count). The van der Waals surface area contributed by atoms with Gasteiger partial charge in [-0.25, -0.2) is 4.98 Å². The number of methoxy groups -OCH3 is 1. The van der Waals surface area contributed by atoms with Crippen LogP contribution in [0.1, 0.15) is 23.7 Å². The minimum Gasteiger partial charge on any atom is -0.481 e. The van der Waals surface area contributed by atoms with E-state index in [2.05, 4.69) is 15.0 Å². The summed E-state index contributed by atoms with van der Waals surface area (Å²) in [5.41, 5.74) is 4.20. The molecule has 0 spiro atoms. The standard InChI is InChI=1S/C20H19N3O3/c1-14(24)26-13-16-11-17(19-12-21-8-9-22-19)18(20(23-16)25-2)10-15-6-4-3-5-7-15/h3-9,11-12H,10,13H2,1-2H3. The van der Waals surface area contributed by atoms with Gasteiger partial charge in [-0.3, -0.25) is 14.8 Å². The molecule has 0 saturated heterocycles. The Morgan fingerprint density at radius 2 is 1.96 bits per heavy atom. The van der Waals surface area contributed by atoms with E-state index in [1.165, 1.54) is 6.92 Å². The average Bonchev–Trinajstić information content (AvgIpc) is 2.68. The lowest BCUT2D eigenvalue weighted by molar-refractivity contribution is -0.142. The summed E-state index contributed by atoms with van der Waals surface area (Å²) in [6, 6.07) is 11.9. The summed E-state index contributed by atoms with van der Waals surface area (Å²) >= 11 is 0. The number of carbonyl (C=O) groups excluding carboxylic acids is 1. The number of hydrogen-bond donors (Lipinski definition) is 0. The van der Waals surface area contributed by atoms with E-state index in [1.807, 2.05) is 36.4 Å². The van der Waals surface area contributed by atoms with E-state index >= 15 is 0 Å². The van der Waals surface area contributed by atoms with Crippen LogP contribution in [0.2, 0.25) is 0 Å². The molecule has 0 aliphatic heterocycles. The molecule has 0 unspecified atom stereocenters. The quantitative estimate of drug-likeness (QED) is 0.636. The maximum atomic E-state index is 11.1. The van der Waals surface area contributed by atoms with Crippen molar-refractivity contribution in [1.29, 1.82) is 0 Å². The maximum absolute atomic E-state index is 11.1. The molecule has 6 nitrogen and oxygen atoms in total. The Morgan fingerprint density at radius 3 is 2.62 bits per heavy atom. The van der Waals surface area contributed by atoms with Crippen LogP contribution in [-0.4, -0.2) is 28.0 Å². The monoisotopic (exact) mass is 349 g/mol. The van der Waals surface area contributed by atoms with Gasteiger partial charge in [0.1, 0.15) is 6.61 Å². The molecular weight excluding hydrogens is 330 g/mol. The van der Waals surface area contributed by atoms with E-state index in [9.17, 15) is 4.79 Å². The van der Waals surface area contributed by atoms with Crippen LogP contribution in [0.5, 0.6) is 5.88 Å². The molecule has 2 aromatic heterocycles. The van der Waals surface area contributed by atoms with Crippen molar-refractivity contribution in [2.75, 3.05) is 7.11 Å². The van der Waals surface area contributed by atoms with Gasteiger partial charge in [0.25, 0.3) is 0 Å². The van der Waals surface area contributed by atoms with Crippen LogP contribution in [0.4, 0.5) is 0 Å². The Labute approximate surface area is 151 Å². The van der Waals surface area contributed by atoms with E-state index in [0.717, 1.165) is 16.7 Å². The van der Waals surface area contributed by atoms with Crippen LogP contribution >= 0.6 is 0 Å². The van der Waals surface area contributed by atoms with E-state index in [4.69, 9.17) is 9.47 Å². The first-order valence-electron chi connectivity index (χ1n) is 8.18. The summed E-state index contributed by atoms with van der Waals surface area (Å²) in [6.45, 7) is 1.44. The molecule has 6 heteroatoms. The molecule has 0 radical (unpaired) electrons. The molecule has 0 N–H and O–H groups in total. The normalized spacial score (nSPS) is 10.4. The van der Waals surface area contributed by atoms with Gasteiger partial charge in [0.05, 0.1) is 24.7 Å². The third-order valence-electron chi connectivity index (χ3n) is 3.82. The third-order valence-corrected chi connectivity index (χ3v) is 3.82. The lowest BCUT2D eigenvalue weighted by Crippen LogP contribution is -2.06. The SMILES string of the molecule is COc1nc(COC(C)=O)cc(-c2cnccn2)c1Cc1ccccc1. The lowest BCUT2D eigenvalue weighted by Gasteiger charge is -2.15. The molecule has 0 aliphatic carbocycles. The van der Waals surface area contributed by atoms with Gasteiger partial charge in [-0.2, -0.15) is 0 Å². The van der Waals surface area contributed by atoms with Crippen LogP contribution in [0.15, 0.2) is 55.0 Å². The van der Waals surface area contributed by atoms with Gasteiger partial charge in [-0.05, 0) is 11.6 Å². The first-order chi connectivity index (χ1) is 12.7. The highest BCUT2D eigenvalue weighted by Gasteiger charge is 2.17. The van der Waals surface area contributed by atoms with Gasteiger partial charge >= 0.3 is 5.97 Å². The summed E-state index contributed by atoms with van der Waals surface area (Å²) in [7, 11) is 1.58. The van der Waals surface area contributed by atoms with Gasteiger partial charge < -0.3 is 9.47 Å². The summed E-state index contributed by atoms with van der Waals surface area (Å²) in [6.07, 6.45) is 5.59. The maximum Gasteiger partial charge on any atom is 0.303 e. The van der Waals surface area contributed by atoms with Gasteiger partial charge in [0, 0.05) is 36.9 Å². The Hall–Kier alpha value is -3.28. The van der Waals surface area contributed by atoms with Crippen molar-refractivity contribution in [3.05, 3.63) is 71.8 Å². The van der Waals surface area contributed by atoms with Crippen LogP contribution in [0.25, 0.3) is 11.3 Å². The minimum atomic E-state index is -0.361. The number of nitrogens with zero attached hydrogens (tertiary/aromatic N) is 3. The molecule has 2 heterocycles. The Bertz CT molecular complexity index is 884. The largest absolute Gasteiger partial charge is 0.481 e. The average molecular weight is 349 g/mol. The predicted molar refractivity (Wildman–Crippen MR) is 96.5 cm³/mol. The molecule has 0 saturated carbocycles. The number of esters is 1. The third kappa shape index (κ3) is 4.22. The first-order valence-corrected chi connectivity index (χ1v) is 8.18. The van der Waals surface area contributed by atoms with Crippen molar-refractivity contribution in [2.24, 2.45) is 0 Å². The summed E-state index contributed by atoms with van der Waals surface area (Å²) in [5.74, 6) is 0.124. The summed E-state index contributed by atoms with van der Waals surface area (Å²) in [4.78, 5) is 24.2. The Kier molecular flexibility index (Phi) is 5.53. The first kappa shape index (κ1) is 17.5. The molecule has 0 aliphatic rings. The molecule has 132 valence electrons. The molecule has 26 heavy (non-hydrogen) atoms. The molecule has 3 aromatic rings. The van der Waals surface area contributed by atoms with Crippen molar-refractivity contribution in [3.8, 4) is 17.1 Å². The van der Waals surface area contributed by atoms with Gasteiger partial charge in [-0.15, -0.1) is 0 Å². The van der Waals surface area contributed by atoms with Gasteiger partial charge in [0.2, 0.25) is 5.88 Å². The van der Waals surface area contributed by atoms with Crippen molar-refractivity contribution in [2.45, 2.75) is 20.0 Å². The Balaban J connectivity index is 2.09. The summed E-state index contributed by atoms with van der Waals surface area (Å²) < 4.78 is 10.6. The number of aromatic nitrogens is 3. The molecule has 0 bridgehead atoms. The van der Waals surface area contributed by atoms with Crippen LogP contribution in [0, 0.1) is 0 Å². The smallest absolute Gasteiger partial charge is 0.303 e. The highest BCUT2D eigenvalue weighted by Crippen LogP contribution is 2.31. The molecule has 0 amide bonds. The topological polar surface area (TPSA) is 74.2 Å². The predicted octanol–water partition coefficient (Wildman–Crippen LogP) is 3.20. The highest BCUT2D eigenvalue weighted by atomic mass is 16.5. The number of pyridine rings is 1. The van der Waals surface area contributed by atoms with E-state index in [1.54, 1.807) is 25.7 Å². The van der Waals surface area contributed by atoms with Gasteiger partial charge in [0.15, 0.2) is 0 Å². The zero-order valence-corrected chi connectivity index (χ0v) is 14.7. The van der Waals surface area contributed by atoms with Crippen LogP contribution < -0.4 is 4.74 Å². The number of carbonyl (C=O) groups is 1. The highest BCUT2D eigenvalue weighted by molar-refractivity contribution is 5.67. The zero-order chi connectivity index (χ0) is 18.4. The van der Waals surface area contributed by atoms with Gasteiger partial charge in [-0.1, -0.05) is 30.3 Å². The fourth-order valence-corrected chi connectivity index (χ4v) is 2.66. The molecular formula is C20H19N3O3. The molecule has 0 atom stereocenters. The summed E-state index contributed by atoms with van der Waals surface area (Å²) in [5, 5.41) is 0. The van der Waals surface area contributed by atoms with E-state index < -0.39 is 0 Å². The van der Waals surface area contributed by atoms with Crippen molar-refractivity contribution >= 4 is 5.97 Å². The molecule has 0 fully saturated rings. The second-order valence-corrected chi connectivity index (χ2v) is 5.68. The van der Waals surface area contributed by atoms with E-state index in [-0.39, 0.29) is 12.6 Å². The fraction of sp³-hybridized carbons (Fsp3) is 0.200. The number of benzene rings is 1. The second kappa shape index (κ2) is 8.20. The number of ether oxygens (including phenoxy) is 2. The van der Waals surface area contributed by atoms with E-state index in [0.29, 0.717) is 23.7 Å². The number of hydrogen-bond acceptors (Lipinski definition) is 6.